The lowest BCUT2D eigenvalue weighted by Gasteiger charge is -2.38. The van der Waals surface area contributed by atoms with E-state index in [4.69, 9.17) is 0 Å². The number of hydrogen-bond donors (Lipinski definition) is 0. The summed E-state index contributed by atoms with van der Waals surface area (Å²) in [5.41, 5.74) is 4.89. The molecular formula is C20H20N2S. The Morgan fingerprint density at radius 3 is 2.74 bits per heavy atom. The van der Waals surface area contributed by atoms with Crippen molar-refractivity contribution in [2.24, 2.45) is 0 Å². The topological polar surface area (TPSA) is 27.0 Å². The Kier molecular flexibility index (Phi) is 3.88. The van der Waals surface area contributed by atoms with Gasteiger partial charge in [0.15, 0.2) is 0 Å². The summed E-state index contributed by atoms with van der Waals surface area (Å²) in [7, 11) is 0. The van der Waals surface area contributed by atoms with E-state index in [1.807, 2.05) is 12.1 Å². The molecule has 116 valence electrons. The fourth-order valence-corrected chi connectivity index (χ4v) is 4.59. The van der Waals surface area contributed by atoms with Crippen molar-refractivity contribution in [2.45, 2.75) is 29.7 Å². The van der Waals surface area contributed by atoms with Crippen LogP contribution in [0, 0.1) is 11.3 Å². The van der Waals surface area contributed by atoms with Gasteiger partial charge in [-0.1, -0.05) is 24.3 Å². The monoisotopic (exact) mass is 320 g/mol. The Bertz CT molecular complexity index is 760. The first-order valence-corrected chi connectivity index (χ1v) is 9.45. The number of benzene rings is 2. The molecule has 2 aromatic carbocycles. The highest BCUT2D eigenvalue weighted by Gasteiger charge is 2.37. The van der Waals surface area contributed by atoms with Crippen molar-refractivity contribution >= 4 is 11.8 Å². The second-order valence-corrected chi connectivity index (χ2v) is 7.28. The van der Waals surface area contributed by atoms with Gasteiger partial charge >= 0.3 is 0 Å². The molecule has 1 saturated heterocycles. The van der Waals surface area contributed by atoms with Gasteiger partial charge in [-0.2, -0.15) is 5.26 Å². The Morgan fingerprint density at radius 2 is 2.00 bits per heavy atom. The molecule has 0 amide bonds. The molecule has 2 unspecified atom stereocenters. The average Bonchev–Trinajstić information content (AvgIpc) is 3.09. The van der Waals surface area contributed by atoms with Crippen LogP contribution in [-0.4, -0.2) is 24.2 Å². The van der Waals surface area contributed by atoms with E-state index in [1.165, 1.54) is 34.4 Å². The van der Waals surface area contributed by atoms with Crippen LogP contribution in [0.1, 0.15) is 47.1 Å². The van der Waals surface area contributed by atoms with E-state index in [0.717, 1.165) is 18.7 Å². The molecule has 0 aromatic heterocycles. The highest BCUT2D eigenvalue weighted by molar-refractivity contribution is 7.98. The minimum atomic E-state index is 0.378. The standard InChI is InChI=1S/C20H20N2S/c1-23-16-9-7-14(8-10-16)18-13-22-11-3-6-19(22)20-15(12-21)4-2-5-17(18)20/h2,4-5,7-10,18-19H,3,6,11,13H2,1H3. The van der Waals surface area contributed by atoms with Gasteiger partial charge in [0.05, 0.1) is 11.6 Å². The molecule has 0 aliphatic carbocycles. The molecule has 0 spiro atoms. The van der Waals surface area contributed by atoms with E-state index in [-0.39, 0.29) is 0 Å². The summed E-state index contributed by atoms with van der Waals surface area (Å²) in [6.45, 7) is 2.23. The third kappa shape index (κ3) is 2.47. The highest BCUT2D eigenvalue weighted by Crippen LogP contribution is 2.45. The second kappa shape index (κ2) is 6.03. The van der Waals surface area contributed by atoms with Crippen molar-refractivity contribution in [2.75, 3.05) is 19.3 Å². The quantitative estimate of drug-likeness (QED) is 0.759. The third-order valence-corrected chi connectivity index (χ3v) is 6.01. The maximum atomic E-state index is 9.57. The smallest absolute Gasteiger partial charge is 0.0995 e. The van der Waals surface area contributed by atoms with Crippen molar-refractivity contribution in [3.8, 4) is 6.07 Å². The maximum absolute atomic E-state index is 9.57. The van der Waals surface area contributed by atoms with Gasteiger partial charge in [-0.25, -0.2) is 0 Å². The number of fused-ring (bicyclic) bond motifs is 3. The molecule has 2 nitrogen and oxygen atoms in total. The van der Waals surface area contributed by atoms with Crippen LogP contribution in [0.3, 0.4) is 0 Å². The SMILES string of the molecule is CSc1ccc(C2CN3CCCC3c3c(C#N)cccc32)cc1. The van der Waals surface area contributed by atoms with Crippen LogP contribution < -0.4 is 0 Å². The lowest BCUT2D eigenvalue weighted by Crippen LogP contribution is -2.35. The van der Waals surface area contributed by atoms with E-state index >= 15 is 0 Å². The summed E-state index contributed by atoms with van der Waals surface area (Å²) < 4.78 is 0. The largest absolute Gasteiger partial charge is 0.295 e. The molecule has 2 aliphatic heterocycles. The molecule has 2 aliphatic rings. The van der Waals surface area contributed by atoms with Crippen LogP contribution in [0.25, 0.3) is 0 Å². The van der Waals surface area contributed by atoms with Gasteiger partial charge < -0.3 is 0 Å². The van der Waals surface area contributed by atoms with Crippen LogP contribution >= 0.6 is 11.8 Å². The number of thioether (sulfide) groups is 1. The summed E-state index contributed by atoms with van der Waals surface area (Å²) in [5.74, 6) is 0.378. The molecule has 2 atom stereocenters. The van der Waals surface area contributed by atoms with Gasteiger partial charge in [-0.15, -0.1) is 11.8 Å². The normalized spacial score (nSPS) is 23.1. The average molecular weight is 320 g/mol. The van der Waals surface area contributed by atoms with Gasteiger partial charge in [-0.05, 0) is 60.5 Å². The van der Waals surface area contributed by atoms with Gasteiger partial charge in [0, 0.05) is 23.4 Å². The molecule has 2 heterocycles. The lowest BCUT2D eigenvalue weighted by atomic mass is 9.80. The minimum Gasteiger partial charge on any atom is -0.295 e. The van der Waals surface area contributed by atoms with Gasteiger partial charge in [0.1, 0.15) is 0 Å². The van der Waals surface area contributed by atoms with Crippen LogP contribution in [0.15, 0.2) is 47.4 Å². The van der Waals surface area contributed by atoms with Crippen LogP contribution in [0.4, 0.5) is 0 Å². The molecule has 3 heteroatoms. The number of nitriles is 1. The van der Waals surface area contributed by atoms with Crippen molar-refractivity contribution in [3.63, 3.8) is 0 Å². The molecule has 23 heavy (non-hydrogen) atoms. The van der Waals surface area contributed by atoms with Crippen molar-refractivity contribution in [3.05, 3.63) is 64.7 Å². The van der Waals surface area contributed by atoms with Crippen molar-refractivity contribution < 1.29 is 0 Å². The van der Waals surface area contributed by atoms with Crippen molar-refractivity contribution in [1.29, 1.82) is 5.26 Å². The van der Waals surface area contributed by atoms with Crippen LogP contribution in [0.2, 0.25) is 0 Å². The van der Waals surface area contributed by atoms with Crippen molar-refractivity contribution in [1.82, 2.24) is 4.90 Å². The van der Waals surface area contributed by atoms with Gasteiger partial charge in [0.25, 0.3) is 0 Å². The van der Waals surface area contributed by atoms with Crippen LogP contribution in [0.5, 0.6) is 0 Å². The molecule has 0 radical (unpaired) electrons. The third-order valence-electron chi connectivity index (χ3n) is 5.27. The first-order valence-electron chi connectivity index (χ1n) is 8.22. The first-order chi connectivity index (χ1) is 11.3. The Morgan fingerprint density at radius 1 is 1.17 bits per heavy atom. The Balaban J connectivity index is 1.83. The number of rotatable bonds is 2. The second-order valence-electron chi connectivity index (χ2n) is 6.40. The number of hydrogen-bond acceptors (Lipinski definition) is 3. The summed E-state index contributed by atoms with van der Waals surface area (Å²) in [5, 5.41) is 9.57. The Hall–Kier alpha value is -1.76. The van der Waals surface area contributed by atoms with Gasteiger partial charge in [0.2, 0.25) is 0 Å². The number of nitrogens with zero attached hydrogens (tertiary/aromatic N) is 2. The molecule has 1 fully saturated rings. The van der Waals surface area contributed by atoms with E-state index in [0.29, 0.717) is 12.0 Å². The zero-order valence-electron chi connectivity index (χ0n) is 13.3. The first kappa shape index (κ1) is 14.8. The fraction of sp³-hybridized carbons (Fsp3) is 0.350. The predicted molar refractivity (Wildman–Crippen MR) is 94.8 cm³/mol. The summed E-state index contributed by atoms with van der Waals surface area (Å²) in [6.07, 6.45) is 4.53. The summed E-state index contributed by atoms with van der Waals surface area (Å²) in [6, 6.07) is 18.1. The molecular weight excluding hydrogens is 300 g/mol. The molecule has 4 rings (SSSR count). The molecule has 0 saturated carbocycles. The molecule has 2 aromatic rings. The van der Waals surface area contributed by atoms with Crippen LogP contribution in [-0.2, 0) is 0 Å². The predicted octanol–water partition coefficient (Wildman–Crippen LogP) is 4.56. The molecule has 0 N–H and O–H groups in total. The zero-order valence-corrected chi connectivity index (χ0v) is 14.1. The van der Waals surface area contributed by atoms with E-state index in [2.05, 4.69) is 47.6 Å². The van der Waals surface area contributed by atoms with E-state index in [1.54, 1.807) is 11.8 Å². The maximum Gasteiger partial charge on any atom is 0.0995 e. The lowest BCUT2D eigenvalue weighted by molar-refractivity contribution is 0.230. The zero-order chi connectivity index (χ0) is 15.8. The minimum absolute atomic E-state index is 0.378. The van der Waals surface area contributed by atoms with E-state index in [9.17, 15) is 5.26 Å². The summed E-state index contributed by atoms with van der Waals surface area (Å²) >= 11 is 1.78. The molecule has 0 bridgehead atoms. The highest BCUT2D eigenvalue weighted by atomic mass is 32.2. The Labute approximate surface area is 142 Å². The van der Waals surface area contributed by atoms with E-state index < -0.39 is 0 Å². The fourth-order valence-electron chi connectivity index (χ4n) is 4.18. The van der Waals surface area contributed by atoms with Gasteiger partial charge in [-0.3, -0.25) is 4.90 Å². The summed E-state index contributed by atoms with van der Waals surface area (Å²) in [4.78, 5) is 3.88.